The number of rotatable bonds is 9. The van der Waals surface area contributed by atoms with Crippen molar-refractivity contribution in [3.05, 3.63) is 70.4 Å². The van der Waals surface area contributed by atoms with Crippen LogP contribution in [0.15, 0.2) is 42.9 Å². The lowest BCUT2D eigenvalue weighted by Crippen LogP contribution is -2.28. The summed E-state index contributed by atoms with van der Waals surface area (Å²) >= 11 is 5.84. The summed E-state index contributed by atoms with van der Waals surface area (Å²) in [6.07, 6.45) is 5.18. The van der Waals surface area contributed by atoms with E-state index < -0.39 is 18.1 Å². The molecule has 0 aliphatic heterocycles. The van der Waals surface area contributed by atoms with E-state index in [1.54, 1.807) is 24.7 Å². The molecule has 2 aromatic heterocycles. The highest BCUT2D eigenvalue weighted by Gasteiger charge is 2.18. The van der Waals surface area contributed by atoms with Gasteiger partial charge in [0.1, 0.15) is 17.9 Å². The van der Waals surface area contributed by atoms with Gasteiger partial charge in [0.2, 0.25) is 5.95 Å². The topological polar surface area (TPSA) is 95.2 Å². The number of aliphatic hydroxyl groups is 2. The minimum atomic E-state index is -1.07. The van der Waals surface area contributed by atoms with Crippen LogP contribution in [-0.2, 0) is 0 Å². The molecular formula is C22H27ClFN5O2. The second-order valence-electron chi connectivity index (χ2n) is 7.48. The number of hydrogen-bond acceptors (Lipinski definition) is 6. The number of aryl methyl sites for hydroxylation is 1. The smallest absolute Gasteiger partial charge is 0.224 e. The Balaban J connectivity index is 1.78. The Morgan fingerprint density at radius 2 is 2.03 bits per heavy atom. The normalized spacial score (nSPS) is 14.3. The van der Waals surface area contributed by atoms with Crippen LogP contribution in [0.5, 0.6) is 0 Å². The molecule has 9 heteroatoms. The summed E-state index contributed by atoms with van der Waals surface area (Å²) in [6.45, 7) is 5.76. The molecule has 3 rings (SSSR count). The predicted octanol–water partition coefficient (Wildman–Crippen LogP) is 3.89. The van der Waals surface area contributed by atoms with Gasteiger partial charge in [0.05, 0.1) is 17.7 Å². The number of benzene rings is 1. The SMILES string of the molecule is CCC(C)Nc1ncc(C)c(-n2ccc(C(O)N[C@H](CO)c3ccc(F)c(Cl)c3)c2)n1. The van der Waals surface area contributed by atoms with E-state index >= 15 is 0 Å². The van der Waals surface area contributed by atoms with Crippen LogP contribution in [0, 0.1) is 12.7 Å². The van der Waals surface area contributed by atoms with Crippen LogP contribution in [-0.4, -0.2) is 37.4 Å². The third-order valence-corrected chi connectivity index (χ3v) is 5.39. The van der Waals surface area contributed by atoms with Gasteiger partial charge in [0.15, 0.2) is 0 Å². The van der Waals surface area contributed by atoms with Crippen molar-refractivity contribution in [3.8, 4) is 5.82 Å². The summed E-state index contributed by atoms with van der Waals surface area (Å²) in [4.78, 5) is 8.92. The summed E-state index contributed by atoms with van der Waals surface area (Å²) < 4.78 is 15.2. The molecule has 0 aliphatic carbocycles. The van der Waals surface area contributed by atoms with Crippen molar-refractivity contribution < 1.29 is 14.6 Å². The third kappa shape index (κ3) is 5.59. The van der Waals surface area contributed by atoms with E-state index in [4.69, 9.17) is 11.6 Å². The molecule has 3 atom stereocenters. The zero-order chi connectivity index (χ0) is 22.5. The predicted molar refractivity (Wildman–Crippen MR) is 119 cm³/mol. The van der Waals surface area contributed by atoms with Gasteiger partial charge in [0, 0.05) is 35.8 Å². The minimum Gasteiger partial charge on any atom is -0.394 e. The number of aliphatic hydroxyl groups excluding tert-OH is 2. The van der Waals surface area contributed by atoms with E-state index in [9.17, 15) is 14.6 Å². The van der Waals surface area contributed by atoms with Crippen molar-refractivity contribution in [2.24, 2.45) is 0 Å². The van der Waals surface area contributed by atoms with Crippen LogP contribution < -0.4 is 10.6 Å². The van der Waals surface area contributed by atoms with E-state index in [-0.39, 0.29) is 17.7 Å². The van der Waals surface area contributed by atoms with Crippen molar-refractivity contribution >= 4 is 17.5 Å². The van der Waals surface area contributed by atoms with Gasteiger partial charge >= 0.3 is 0 Å². The standard InChI is InChI=1S/C22H27ClFN5O2/c1-4-14(3)26-22-25-10-13(2)20(28-22)29-8-7-16(11-29)21(31)27-19(12-30)15-5-6-18(24)17(23)9-15/h5-11,14,19,21,27,30-31H,4,12H2,1-3H3,(H,25,26,28)/t14?,19-,21?/m1/s1. The Labute approximate surface area is 185 Å². The molecule has 1 aromatic carbocycles. The molecule has 31 heavy (non-hydrogen) atoms. The van der Waals surface area contributed by atoms with Crippen LogP contribution in [0.3, 0.4) is 0 Å². The first kappa shape index (κ1) is 23.1. The average molecular weight is 448 g/mol. The first-order valence-electron chi connectivity index (χ1n) is 10.1. The Morgan fingerprint density at radius 3 is 2.71 bits per heavy atom. The fourth-order valence-electron chi connectivity index (χ4n) is 3.06. The maximum Gasteiger partial charge on any atom is 0.224 e. The molecule has 0 aliphatic rings. The number of hydrogen-bond donors (Lipinski definition) is 4. The molecule has 0 saturated heterocycles. The zero-order valence-electron chi connectivity index (χ0n) is 17.7. The molecule has 7 nitrogen and oxygen atoms in total. The van der Waals surface area contributed by atoms with Gasteiger partial charge in [-0.25, -0.2) is 9.37 Å². The monoisotopic (exact) mass is 447 g/mol. The lowest BCUT2D eigenvalue weighted by Gasteiger charge is -2.21. The van der Waals surface area contributed by atoms with Crippen molar-refractivity contribution in [2.45, 2.75) is 45.5 Å². The van der Waals surface area contributed by atoms with Gasteiger partial charge in [-0.1, -0.05) is 24.6 Å². The molecule has 0 fully saturated rings. The first-order chi connectivity index (χ1) is 14.8. The summed E-state index contributed by atoms with van der Waals surface area (Å²) in [5, 5.41) is 26.5. The molecule has 2 heterocycles. The maximum absolute atomic E-state index is 13.4. The van der Waals surface area contributed by atoms with Crippen molar-refractivity contribution in [1.82, 2.24) is 19.9 Å². The number of aromatic nitrogens is 3. The summed E-state index contributed by atoms with van der Waals surface area (Å²) in [6, 6.07) is 5.56. The first-order valence-corrected chi connectivity index (χ1v) is 10.5. The highest BCUT2D eigenvalue weighted by atomic mass is 35.5. The number of halogens is 2. The van der Waals surface area contributed by atoms with Crippen LogP contribution >= 0.6 is 11.6 Å². The molecule has 4 N–H and O–H groups in total. The van der Waals surface area contributed by atoms with Gasteiger partial charge in [-0.2, -0.15) is 4.98 Å². The molecule has 0 radical (unpaired) electrons. The van der Waals surface area contributed by atoms with E-state index in [0.29, 0.717) is 22.9 Å². The van der Waals surface area contributed by atoms with Crippen molar-refractivity contribution in [1.29, 1.82) is 0 Å². The molecular weight excluding hydrogens is 421 g/mol. The van der Waals surface area contributed by atoms with Crippen molar-refractivity contribution in [3.63, 3.8) is 0 Å². The molecule has 0 bridgehead atoms. The minimum absolute atomic E-state index is 0.0422. The van der Waals surface area contributed by atoms with E-state index in [0.717, 1.165) is 12.0 Å². The summed E-state index contributed by atoms with van der Waals surface area (Å²) in [7, 11) is 0. The van der Waals surface area contributed by atoms with E-state index in [1.807, 2.05) is 11.5 Å². The highest BCUT2D eigenvalue weighted by Crippen LogP contribution is 2.24. The second-order valence-corrected chi connectivity index (χ2v) is 7.89. The zero-order valence-corrected chi connectivity index (χ0v) is 18.4. The lowest BCUT2D eigenvalue weighted by molar-refractivity contribution is 0.104. The fraction of sp³-hybridized carbons (Fsp3) is 0.364. The molecule has 3 aromatic rings. The highest BCUT2D eigenvalue weighted by molar-refractivity contribution is 6.30. The van der Waals surface area contributed by atoms with Gasteiger partial charge in [-0.3, -0.25) is 5.32 Å². The Kier molecular flexibility index (Phi) is 7.61. The Bertz CT molecular complexity index is 1030. The summed E-state index contributed by atoms with van der Waals surface area (Å²) in [5.41, 5.74) is 2.04. The van der Waals surface area contributed by atoms with Gasteiger partial charge in [-0.05, 0) is 44.0 Å². The molecule has 2 unspecified atom stereocenters. The van der Waals surface area contributed by atoms with Gasteiger partial charge < -0.3 is 20.1 Å². The van der Waals surface area contributed by atoms with Crippen LogP contribution in [0.4, 0.5) is 10.3 Å². The van der Waals surface area contributed by atoms with E-state index in [1.165, 1.54) is 18.2 Å². The van der Waals surface area contributed by atoms with Gasteiger partial charge in [0.25, 0.3) is 0 Å². The summed E-state index contributed by atoms with van der Waals surface area (Å²) in [5.74, 6) is 0.697. The maximum atomic E-state index is 13.4. The van der Waals surface area contributed by atoms with E-state index in [2.05, 4.69) is 34.4 Å². The molecule has 0 amide bonds. The number of anilines is 1. The Hall–Kier alpha value is -2.52. The van der Waals surface area contributed by atoms with Crippen LogP contribution in [0.1, 0.15) is 49.2 Å². The van der Waals surface area contributed by atoms with Crippen LogP contribution in [0.2, 0.25) is 5.02 Å². The second kappa shape index (κ2) is 10.2. The van der Waals surface area contributed by atoms with Crippen LogP contribution in [0.25, 0.3) is 5.82 Å². The van der Waals surface area contributed by atoms with Gasteiger partial charge in [-0.15, -0.1) is 0 Å². The van der Waals surface area contributed by atoms with Crippen molar-refractivity contribution in [2.75, 3.05) is 11.9 Å². The molecule has 166 valence electrons. The number of nitrogens with zero attached hydrogens (tertiary/aromatic N) is 3. The average Bonchev–Trinajstić information content (AvgIpc) is 3.25. The molecule has 0 saturated carbocycles. The quantitative estimate of drug-likeness (QED) is 0.372. The lowest BCUT2D eigenvalue weighted by atomic mass is 10.1. The fourth-order valence-corrected chi connectivity index (χ4v) is 3.25. The largest absolute Gasteiger partial charge is 0.394 e. The number of nitrogens with one attached hydrogen (secondary N) is 2. The third-order valence-electron chi connectivity index (χ3n) is 5.10. The Morgan fingerprint density at radius 1 is 1.26 bits per heavy atom. The molecule has 0 spiro atoms.